The lowest BCUT2D eigenvalue weighted by molar-refractivity contribution is 0.0782. The maximum atomic E-state index is 11.5. The van der Waals surface area contributed by atoms with Crippen molar-refractivity contribution in [2.24, 2.45) is 0 Å². The van der Waals surface area contributed by atoms with Crippen molar-refractivity contribution in [2.45, 2.75) is 12.8 Å². The molecular formula is C8H10N2O2. The van der Waals surface area contributed by atoms with E-state index >= 15 is 0 Å². The van der Waals surface area contributed by atoms with Crippen LogP contribution in [0.5, 0.6) is 0 Å². The van der Waals surface area contributed by atoms with Crippen LogP contribution in [0.3, 0.4) is 0 Å². The van der Waals surface area contributed by atoms with Crippen LogP contribution in [0, 0.1) is 0 Å². The van der Waals surface area contributed by atoms with Crippen molar-refractivity contribution in [1.82, 2.24) is 10.1 Å². The van der Waals surface area contributed by atoms with Gasteiger partial charge < -0.3 is 9.42 Å². The van der Waals surface area contributed by atoms with E-state index in [1.54, 1.807) is 11.0 Å². The highest BCUT2D eigenvalue weighted by atomic mass is 16.5. The number of hydrogen-bond acceptors (Lipinski definition) is 3. The fraction of sp³-hybridized carbons (Fsp3) is 0.500. The summed E-state index contributed by atoms with van der Waals surface area (Å²) < 4.78 is 4.60. The molecule has 0 spiro atoms. The third-order valence-electron chi connectivity index (χ3n) is 2.05. The lowest BCUT2D eigenvalue weighted by Crippen LogP contribution is -2.27. The Labute approximate surface area is 70.1 Å². The molecule has 0 N–H and O–H groups in total. The number of amides is 1. The zero-order valence-electron chi connectivity index (χ0n) is 6.69. The first-order valence-electron chi connectivity index (χ1n) is 4.07. The van der Waals surface area contributed by atoms with Gasteiger partial charge in [0, 0.05) is 19.2 Å². The third kappa shape index (κ3) is 1.20. The average Bonchev–Trinajstić information content (AvgIpc) is 2.77. The average molecular weight is 166 g/mol. The number of aromatic nitrogens is 1. The quantitative estimate of drug-likeness (QED) is 0.623. The summed E-state index contributed by atoms with van der Waals surface area (Å²) in [5.41, 5.74) is 0.414. The van der Waals surface area contributed by atoms with E-state index in [1.807, 2.05) is 0 Å². The molecule has 2 rings (SSSR count). The molecule has 1 amide bonds. The van der Waals surface area contributed by atoms with E-state index in [0.29, 0.717) is 5.69 Å². The molecule has 1 aliphatic rings. The fourth-order valence-electron chi connectivity index (χ4n) is 1.41. The van der Waals surface area contributed by atoms with Gasteiger partial charge in [0.25, 0.3) is 5.91 Å². The SMILES string of the molecule is O=C(c1ccon1)N1CCCC1. The zero-order chi connectivity index (χ0) is 8.39. The van der Waals surface area contributed by atoms with Gasteiger partial charge in [0.1, 0.15) is 6.26 Å². The summed E-state index contributed by atoms with van der Waals surface area (Å²) in [4.78, 5) is 13.3. The summed E-state index contributed by atoms with van der Waals surface area (Å²) >= 11 is 0. The molecule has 1 aliphatic heterocycles. The predicted octanol–water partition coefficient (Wildman–Crippen LogP) is 0.911. The molecule has 0 atom stereocenters. The van der Waals surface area contributed by atoms with Gasteiger partial charge in [-0.2, -0.15) is 0 Å². The zero-order valence-corrected chi connectivity index (χ0v) is 6.69. The first-order valence-corrected chi connectivity index (χ1v) is 4.07. The molecule has 0 aliphatic carbocycles. The standard InChI is InChI=1S/C8H10N2O2/c11-8(7-3-6-12-9-7)10-4-1-2-5-10/h3,6H,1-2,4-5H2. The number of nitrogens with zero attached hydrogens (tertiary/aromatic N) is 2. The second-order valence-electron chi connectivity index (χ2n) is 2.88. The minimum Gasteiger partial charge on any atom is -0.364 e. The summed E-state index contributed by atoms with van der Waals surface area (Å²) in [7, 11) is 0. The van der Waals surface area contributed by atoms with Crippen LogP contribution in [0.2, 0.25) is 0 Å². The third-order valence-corrected chi connectivity index (χ3v) is 2.05. The summed E-state index contributed by atoms with van der Waals surface area (Å²) in [6.07, 6.45) is 3.62. The van der Waals surface area contributed by atoms with Crippen LogP contribution in [-0.4, -0.2) is 29.1 Å². The van der Waals surface area contributed by atoms with Gasteiger partial charge in [0.15, 0.2) is 5.69 Å². The molecule has 2 heterocycles. The Hall–Kier alpha value is -1.32. The molecule has 0 aromatic carbocycles. The van der Waals surface area contributed by atoms with Gasteiger partial charge in [-0.3, -0.25) is 4.79 Å². The fourth-order valence-corrected chi connectivity index (χ4v) is 1.41. The van der Waals surface area contributed by atoms with Crippen molar-refractivity contribution in [3.8, 4) is 0 Å². The molecule has 1 aromatic rings. The Morgan fingerprint density at radius 3 is 2.83 bits per heavy atom. The van der Waals surface area contributed by atoms with Crippen LogP contribution in [-0.2, 0) is 0 Å². The molecule has 1 aromatic heterocycles. The van der Waals surface area contributed by atoms with Crippen molar-refractivity contribution < 1.29 is 9.32 Å². The highest BCUT2D eigenvalue weighted by Crippen LogP contribution is 2.10. The molecule has 64 valence electrons. The summed E-state index contributed by atoms with van der Waals surface area (Å²) in [5, 5.41) is 3.59. The van der Waals surface area contributed by atoms with Crippen LogP contribution >= 0.6 is 0 Å². The first kappa shape index (κ1) is 7.34. The summed E-state index contributed by atoms with van der Waals surface area (Å²) in [5.74, 6) is -0.0127. The topological polar surface area (TPSA) is 46.3 Å². The van der Waals surface area contributed by atoms with E-state index in [-0.39, 0.29) is 5.91 Å². The predicted molar refractivity (Wildman–Crippen MR) is 41.6 cm³/mol. The highest BCUT2D eigenvalue weighted by molar-refractivity contribution is 5.92. The number of hydrogen-bond donors (Lipinski definition) is 0. The number of carbonyl (C=O) groups excluding carboxylic acids is 1. The molecule has 0 radical (unpaired) electrons. The highest BCUT2D eigenvalue weighted by Gasteiger charge is 2.20. The van der Waals surface area contributed by atoms with Crippen molar-refractivity contribution in [2.75, 3.05) is 13.1 Å². The van der Waals surface area contributed by atoms with Crippen molar-refractivity contribution in [3.63, 3.8) is 0 Å². The number of rotatable bonds is 1. The Bertz CT molecular complexity index is 263. The molecule has 12 heavy (non-hydrogen) atoms. The smallest absolute Gasteiger partial charge is 0.276 e. The Balaban J connectivity index is 2.09. The summed E-state index contributed by atoms with van der Waals surface area (Å²) in [6, 6.07) is 1.60. The van der Waals surface area contributed by atoms with Crippen LogP contribution in [0.15, 0.2) is 16.9 Å². The first-order chi connectivity index (χ1) is 5.88. The van der Waals surface area contributed by atoms with Gasteiger partial charge in [-0.25, -0.2) is 0 Å². The molecule has 1 fully saturated rings. The van der Waals surface area contributed by atoms with Gasteiger partial charge in [-0.05, 0) is 12.8 Å². The normalized spacial score (nSPS) is 16.8. The summed E-state index contributed by atoms with van der Waals surface area (Å²) in [6.45, 7) is 1.71. The lowest BCUT2D eigenvalue weighted by Gasteiger charge is -2.11. The monoisotopic (exact) mass is 166 g/mol. The van der Waals surface area contributed by atoms with Crippen molar-refractivity contribution in [1.29, 1.82) is 0 Å². The second-order valence-corrected chi connectivity index (χ2v) is 2.88. The van der Waals surface area contributed by atoms with Gasteiger partial charge >= 0.3 is 0 Å². The second kappa shape index (κ2) is 2.97. The van der Waals surface area contributed by atoms with E-state index in [2.05, 4.69) is 9.68 Å². The molecule has 4 nitrogen and oxygen atoms in total. The van der Waals surface area contributed by atoms with Crippen molar-refractivity contribution in [3.05, 3.63) is 18.0 Å². The minimum atomic E-state index is -0.0127. The van der Waals surface area contributed by atoms with Crippen LogP contribution in [0.1, 0.15) is 23.3 Å². The van der Waals surface area contributed by atoms with Gasteiger partial charge in [-0.15, -0.1) is 0 Å². The molecule has 1 saturated heterocycles. The number of carbonyl (C=O) groups is 1. The van der Waals surface area contributed by atoms with E-state index in [1.165, 1.54) is 6.26 Å². The number of likely N-dealkylation sites (tertiary alicyclic amines) is 1. The van der Waals surface area contributed by atoms with E-state index in [0.717, 1.165) is 25.9 Å². The van der Waals surface area contributed by atoms with Crippen LogP contribution in [0.25, 0.3) is 0 Å². The maximum absolute atomic E-state index is 11.5. The molecular weight excluding hydrogens is 156 g/mol. The van der Waals surface area contributed by atoms with Crippen LogP contribution < -0.4 is 0 Å². The Kier molecular flexibility index (Phi) is 1.81. The largest absolute Gasteiger partial charge is 0.364 e. The molecule has 4 heteroatoms. The van der Waals surface area contributed by atoms with Gasteiger partial charge in [-0.1, -0.05) is 5.16 Å². The molecule has 0 saturated carbocycles. The van der Waals surface area contributed by atoms with Gasteiger partial charge in [0.2, 0.25) is 0 Å². The van der Waals surface area contributed by atoms with Gasteiger partial charge in [0.05, 0.1) is 0 Å². The maximum Gasteiger partial charge on any atom is 0.276 e. The van der Waals surface area contributed by atoms with Crippen molar-refractivity contribution >= 4 is 5.91 Å². The Morgan fingerprint density at radius 1 is 1.50 bits per heavy atom. The molecule has 0 unspecified atom stereocenters. The van der Waals surface area contributed by atoms with E-state index < -0.39 is 0 Å². The van der Waals surface area contributed by atoms with Crippen LogP contribution in [0.4, 0.5) is 0 Å². The van der Waals surface area contributed by atoms with E-state index in [4.69, 9.17) is 0 Å². The lowest BCUT2D eigenvalue weighted by atomic mass is 10.4. The molecule has 0 bridgehead atoms. The Morgan fingerprint density at radius 2 is 2.25 bits per heavy atom. The van der Waals surface area contributed by atoms with E-state index in [9.17, 15) is 4.79 Å². The minimum absolute atomic E-state index is 0.0127.